The van der Waals surface area contributed by atoms with Crippen LogP contribution in [0.5, 0.6) is 0 Å². The van der Waals surface area contributed by atoms with Gasteiger partial charge in [0.1, 0.15) is 0 Å². The van der Waals surface area contributed by atoms with Crippen molar-refractivity contribution in [3.63, 3.8) is 0 Å². The number of Topliss-reactive ketones (excluding diaryl/α,β-unsaturated/α-hetero) is 1. The fourth-order valence-electron chi connectivity index (χ4n) is 2.24. The van der Waals surface area contributed by atoms with E-state index >= 15 is 0 Å². The van der Waals surface area contributed by atoms with E-state index in [1.807, 2.05) is 29.6 Å². The van der Waals surface area contributed by atoms with Gasteiger partial charge < -0.3 is 5.32 Å². The van der Waals surface area contributed by atoms with Crippen molar-refractivity contribution in [3.8, 4) is 0 Å². The predicted molar refractivity (Wildman–Crippen MR) is 97.9 cm³/mol. The van der Waals surface area contributed by atoms with Crippen molar-refractivity contribution >= 4 is 34.8 Å². The maximum atomic E-state index is 12.2. The molecule has 2 aromatic rings. The molecule has 126 valence electrons. The number of thiazole rings is 1. The monoisotopic (exact) mass is 360 g/mol. The molecule has 3 rings (SSSR count). The summed E-state index contributed by atoms with van der Waals surface area (Å²) in [4.78, 5) is 28.4. The summed E-state index contributed by atoms with van der Waals surface area (Å²) in [7, 11) is 0. The average molecular weight is 361 g/mol. The quantitative estimate of drug-likeness (QED) is 0.578. The van der Waals surface area contributed by atoms with Crippen LogP contribution in [-0.2, 0) is 17.6 Å². The smallest absolute Gasteiger partial charge is 0.226 e. The molecule has 4 nitrogen and oxygen atoms in total. The fraction of sp³-hybridized carbons (Fsp3) is 0.389. The average Bonchev–Trinajstić information content (AvgIpc) is 3.29. The van der Waals surface area contributed by atoms with E-state index in [1.54, 1.807) is 0 Å². The van der Waals surface area contributed by atoms with E-state index < -0.39 is 0 Å². The van der Waals surface area contributed by atoms with Gasteiger partial charge in [-0.15, -0.1) is 11.3 Å². The maximum absolute atomic E-state index is 12.2. The van der Waals surface area contributed by atoms with Gasteiger partial charge in [0.15, 0.2) is 10.1 Å². The summed E-state index contributed by atoms with van der Waals surface area (Å²) in [6.07, 6.45) is 3.47. The number of aryl methyl sites for hydroxylation is 1. The summed E-state index contributed by atoms with van der Waals surface area (Å²) in [5, 5.41) is 4.86. The summed E-state index contributed by atoms with van der Waals surface area (Å²) >= 11 is 2.92. The van der Waals surface area contributed by atoms with Crippen molar-refractivity contribution in [2.45, 2.75) is 43.0 Å². The Hall–Kier alpha value is -1.66. The number of hydrogen-bond acceptors (Lipinski definition) is 5. The second kappa shape index (κ2) is 7.94. The normalized spacial score (nSPS) is 13.7. The Balaban J connectivity index is 1.48. The zero-order valence-corrected chi connectivity index (χ0v) is 15.2. The van der Waals surface area contributed by atoms with Crippen molar-refractivity contribution in [1.29, 1.82) is 0 Å². The van der Waals surface area contributed by atoms with Crippen LogP contribution in [-0.4, -0.2) is 28.5 Å². The van der Waals surface area contributed by atoms with E-state index in [0.29, 0.717) is 18.2 Å². The number of benzene rings is 1. The molecule has 0 aliphatic heterocycles. The molecule has 1 N–H and O–H groups in total. The van der Waals surface area contributed by atoms with E-state index in [1.165, 1.54) is 28.7 Å². The largest absolute Gasteiger partial charge is 0.353 e. The van der Waals surface area contributed by atoms with Gasteiger partial charge in [-0.2, -0.15) is 0 Å². The number of ketones is 1. The van der Waals surface area contributed by atoms with Gasteiger partial charge in [-0.25, -0.2) is 4.98 Å². The number of carbonyl (C=O) groups excluding carboxylic acids is 2. The van der Waals surface area contributed by atoms with Gasteiger partial charge in [-0.1, -0.05) is 43.0 Å². The SMILES string of the molecule is CCc1ccc(C(=O)CSc2nc(CC(=O)NC3CC3)cs2)cc1. The Morgan fingerprint density at radius 1 is 1.29 bits per heavy atom. The third kappa shape index (κ3) is 4.92. The summed E-state index contributed by atoms with van der Waals surface area (Å²) in [6, 6.07) is 8.14. The number of nitrogens with zero attached hydrogens (tertiary/aromatic N) is 1. The van der Waals surface area contributed by atoms with Crippen molar-refractivity contribution in [2.75, 3.05) is 5.75 Å². The summed E-state index contributed by atoms with van der Waals surface area (Å²) in [6.45, 7) is 2.09. The van der Waals surface area contributed by atoms with Crippen molar-refractivity contribution in [2.24, 2.45) is 0 Å². The van der Waals surface area contributed by atoms with Gasteiger partial charge >= 0.3 is 0 Å². The number of carbonyl (C=O) groups is 2. The Labute approximate surface area is 150 Å². The molecule has 0 saturated heterocycles. The van der Waals surface area contributed by atoms with Crippen LogP contribution < -0.4 is 5.32 Å². The van der Waals surface area contributed by atoms with Crippen molar-refractivity contribution < 1.29 is 9.59 Å². The standard InChI is InChI=1S/C18H20N2O2S2/c1-2-12-3-5-13(6-4-12)16(21)11-24-18-20-15(10-23-18)9-17(22)19-14-7-8-14/h3-6,10,14H,2,7-9,11H2,1H3,(H,19,22). The van der Waals surface area contributed by atoms with E-state index in [4.69, 9.17) is 0 Å². The number of amides is 1. The third-order valence-electron chi connectivity index (χ3n) is 3.83. The molecule has 24 heavy (non-hydrogen) atoms. The van der Waals surface area contributed by atoms with Gasteiger partial charge in [0.25, 0.3) is 0 Å². The molecule has 0 bridgehead atoms. The van der Waals surface area contributed by atoms with E-state index in [2.05, 4.69) is 17.2 Å². The Morgan fingerprint density at radius 2 is 2.04 bits per heavy atom. The minimum absolute atomic E-state index is 0.0337. The molecule has 1 fully saturated rings. The highest BCUT2D eigenvalue weighted by atomic mass is 32.2. The highest BCUT2D eigenvalue weighted by Crippen LogP contribution is 2.24. The second-order valence-corrected chi connectivity index (χ2v) is 7.97. The van der Waals surface area contributed by atoms with Gasteiger partial charge in [-0.3, -0.25) is 9.59 Å². The van der Waals surface area contributed by atoms with Crippen LogP contribution >= 0.6 is 23.1 Å². The highest BCUT2D eigenvalue weighted by molar-refractivity contribution is 8.01. The molecule has 1 aliphatic carbocycles. The molecule has 1 aromatic heterocycles. The summed E-state index contributed by atoms with van der Waals surface area (Å²) < 4.78 is 0.836. The van der Waals surface area contributed by atoms with Crippen LogP contribution in [0.1, 0.15) is 41.4 Å². The van der Waals surface area contributed by atoms with E-state index in [0.717, 1.165) is 34.9 Å². The third-order valence-corrected chi connectivity index (χ3v) is 5.90. The number of nitrogens with one attached hydrogen (secondary N) is 1. The van der Waals surface area contributed by atoms with Crippen molar-refractivity contribution in [3.05, 3.63) is 46.5 Å². The first kappa shape index (κ1) is 17.2. The molecule has 0 atom stereocenters. The molecule has 6 heteroatoms. The molecule has 0 unspecified atom stereocenters. The van der Waals surface area contributed by atoms with Crippen LogP contribution in [0.3, 0.4) is 0 Å². The van der Waals surface area contributed by atoms with Crippen LogP contribution in [0.25, 0.3) is 0 Å². The number of rotatable bonds is 8. The van der Waals surface area contributed by atoms with Gasteiger partial charge in [0.2, 0.25) is 5.91 Å². The zero-order valence-electron chi connectivity index (χ0n) is 13.6. The molecule has 1 aromatic carbocycles. The minimum atomic E-state index is 0.0337. The number of hydrogen-bond donors (Lipinski definition) is 1. The molecule has 1 heterocycles. The van der Waals surface area contributed by atoms with Gasteiger partial charge in [-0.05, 0) is 24.8 Å². The molecule has 1 amide bonds. The molecule has 1 aliphatic rings. The first-order valence-corrected chi connectivity index (χ1v) is 9.99. The lowest BCUT2D eigenvalue weighted by Gasteiger charge is -2.01. The first-order valence-electron chi connectivity index (χ1n) is 8.12. The van der Waals surface area contributed by atoms with Crippen LogP contribution in [0, 0.1) is 0 Å². The Morgan fingerprint density at radius 3 is 2.71 bits per heavy atom. The second-order valence-electron chi connectivity index (χ2n) is 5.89. The predicted octanol–water partition coefficient (Wildman–Crippen LogP) is 3.50. The maximum Gasteiger partial charge on any atom is 0.226 e. The first-order chi connectivity index (χ1) is 11.6. The van der Waals surface area contributed by atoms with Crippen LogP contribution in [0.2, 0.25) is 0 Å². The molecule has 1 saturated carbocycles. The molecular weight excluding hydrogens is 340 g/mol. The lowest BCUT2D eigenvalue weighted by Crippen LogP contribution is -2.27. The van der Waals surface area contributed by atoms with E-state index in [-0.39, 0.29) is 11.7 Å². The topological polar surface area (TPSA) is 59.1 Å². The van der Waals surface area contributed by atoms with E-state index in [9.17, 15) is 9.59 Å². The Kier molecular flexibility index (Phi) is 5.68. The zero-order chi connectivity index (χ0) is 16.9. The lowest BCUT2D eigenvalue weighted by molar-refractivity contribution is -0.120. The van der Waals surface area contributed by atoms with Crippen LogP contribution in [0.4, 0.5) is 0 Å². The fourth-order valence-corrected chi connectivity index (χ4v) is 3.98. The van der Waals surface area contributed by atoms with Gasteiger partial charge in [0, 0.05) is 17.0 Å². The molecular formula is C18H20N2O2S2. The molecule has 0 radical (unpaired) electrons. The highest BCUT2D eigenvalue weighted by Gasteiger charge is 2.23. The lowest BCUT2D eigenvalue weighted by atomic mass is 10.1. The number of thioether (sulfide) groups is 1. The van der Waals surface area contributed by atoms with Crippen molar-refractivity contribution in [1.82, 2.24) is 10.3 Å². The van der Waals surface area contributed by atoms with Gasteiger partial charge in [0.05, 0.1) is 17.9 Å². The molecule has 0 spiro atoms. The summed E-state index contributed by atoms with van der Waals surface area (Å²) in [5.41, 5.74) is 2.74. The summed E-state index contributed by atoms with van der Waals surface area (Å²) in [5.74, 6) is 0.504. The minimum Gasteiger partial charge on any atom is -0.353 e. The number of aromatic nitrogens is 1. The Bertz CT molecular complexity index is 721. The van der Waals surface area contributed by atoms with Crippen LogP contribution in [0.15, 0.2) is 34.0 Å².